The lowest BCUT2D eigenvalue weighted by Crippen LogP contribution is -2.54. The Morgan fingerprint density at radius 1 is 0.909 bits per heavy atom. The zero-order chi connectivity index (χ0) is 49.4. The minimum Gasteiger partial charge on any atom is -0.481 e. The highest BCUT2D eigenvalue weighted by molar-refractivity contribution is 5.90. The summed E-state index contributed by atoms with van der Waals surface area (Å²) in [6.45, 7) is 14.8. The predicted molar refractivity (Wildman–Crippen MR) is 250 cm³/mol. The summed E-state index contributed by atoms with van der Waals surface area (Å²) >= 11 is 0. The van der Waals surface area contributed by atoms with Crippen molar-refractivity contribution in [3.05, 3.63) is 40.3 Å². The number of nitrogens with one attached hydrogen (secondary N) is 1. The van der Waals surface area contributed by atoms with Gasteiger partial charge in [0.25, 0.3) is 0 Å². The largest absolute Gasteiger partial charge is 0.481 e. The van der Waals surface area contributed by atoms with E-state index >= 15 is 0 Å². The van der Waals surface area contributed by atoms with Gasteiger partial charge in [-0.25, -0.2) is 4.79 Å². The molecule has 2 N–H and O–H groups in total. The number of Topliss-reactive ketones (excluding diaryl/α,β-unsaturated/α-hetero) is 1. The van der Waals surface area contributed by atoms with Crippen LogP contribution in [-0.4, -0.2) is 158 Å². The standard InChI is InChI=1S/C48H78N8O10/c1-13-31(6)43(54(10)46(60)37(29(2)3)26-39(57)42(30(4)5)53(8)9)40(64-11)27-41(58)56-22-14-15-38(56)44(65-12)32(7)45(59)51-35(28-50-52-49)25-33-16-18-36(19-17-33)66-48(63)55-23-20-34(21-24-55)47(61)62/h16-19,29-32,34-35,37-38,40,42-44H,13-15,20-28H2,1-12H3,(H,51,59)(H,61,62)/t31-,32+,35-,37-,38-,40+,42-,43-,44+/m0/s1. The summed E-state index contributed by atoms with van der Waals surface area (Å²) in [6, 6.07) is 5.00. The molecule has 370 valence electrons. The number of aliphatic carboxylic acids is 1. The minimum atomic E-state index is -0.865. The van der Waals surface area contributed by atoms with E-state index in [2.05, 4.69) is 15.3 Å². The molecule has 2 aliphatic heterocycles. The number of ether oxygens (including phenoxy) is 3. The van der Waals surface area contributed by atoms with E-state index < -0.39 is 60.1 Å². The highest BCUT2D eigenvalue weighted by atomic mass is 16.6. The van der Waals surface area contributed by atoms with Crippen LogP contribution in [0.15, 0.2) is 29.4 Å². The van der Waals surface area contributed by atoms with E-state index in [1.165, 1.54) is 12.0 Å². The van der Waals surface area contributed by atoms with Crippen LogP contribution in [0.4, 0.5) is 4.79 Å². The summed E-state index contributed by atoms with van der Waals surface area (Å²) in [5.41, 5.74) is 9.94. The van der Waals surface area contributed by atoms with Crippen LogP contribution in [0.3, 0.4) is 0 Å². The number of benzene rings is 1. The number of likely N-dealkylation sites (tertiary alicyclic amines) is 2. The molecule has 18 heteroatoms. The van der Waals surface area contributed by atoms with Crippen molar-refractivity contribution in [2.24, 2.45) is 40.6 Å². The Morgan fingerprint density at radius 2 is 1.55 bits per heavy atom. The topological polar surface area (TPSA) is 224 Å². The normalized spacial score (nSPS) is 19.3. The summed E-state index contributed by atoms with van der Waals surface area (Å²) in [6.07, 6.45) is 1.30. The van der Waals surface area contributed by atoms with Gasteiger partial charge in [0.05, 0.1) is 48.6 Å². The Labute approximate surface area is 392 Å². The third-order valence-electron chi connectivity index (χ3n) is 13.7. The molecule has 0 spiro atoms. The third-order valence-corrected chi connectivity index (χ3v) is 13.7. The second-order valence-corrected chi connectivity index (χ2v) is 19.2. The van der Waals surface area contributed by atoms with Gasteiger partial charge in [0.15, 0.2) is 5.78 Å². The van der Waals surface area contributed by atoms with E-state index in [1.807, 2.05) is 60.5 Å². The Kier molecular flexibility index (Phi) is 22.3. The number of methoxy groups -OCH3 is 2. The number of carboxylic acid groups (broad SMARTS) is 1. The zero-order valence-electron chi connectivity index (χ0n) is 41.5. The van der Waals surface area contributed by atoms with Gasteiger partial charge in [-0.15, -0.1) is 0 Å². The number of likely N-dealkylation sites (N-methyl/N-ethyl adjacent to an activating group) is 2. The number of azide groups is 1. The van der Waals surface area contributed by atoms with Crippen LogP contribution in [0, 0.1) is 35.5 Å². The van der Waals surface area contributed by atoms with Crippen molar-refractivity contribution in [2.75, 3.05) is 61.5 Å². The van der Waals surface area contributed by atoms with Crippen molar-refractivity contribution in [3.63, 3.8) is 0 Å². The van der Waals surface area contributed by atoms with E-state index in [4.69, 9.17) is 19.7 Å². The molecule has 1 aromatic carbocycles. The summed E-state index contributed by atoms with van der Waals surface area (Å²) in [4.78, 5) is 90.1. The van der Waals surface area contributed by atoms with Gasteiger partial charge in [0, 0.05) is 70.7 Å². The quantitative estimate of drug-likeness (QED) is 0.0652. The van der Waals surface area contributed by atoms with Gasteiger partial charge in [0.2, 0.25) is 17.7 Å². The van der Waals surface area contributed by atoms with Crippen molar-refractivity contribution in [3.8, 4) is 5.75 Å². The highest BCUT2D eigenvalue weighted by Gasteiger charge is 2.43. The van der Waals surface area contributed by atoms with Crippen LogP contribution in [0.1, 0.15) is 99.0 Å². The lowest BCUT2D eigenvalue weighted by molar-refractivity contribution is -0.149. The fourth-order valence-electron chi connectivity index (χ4n) is 9.85. The summed E-state index contributed by atoms with van der Waals surface area (Å²) < 4.78 is 17.6. The van der Waals surface area contributed by atoms with Crippen LogP contribution in [0.25, 0.3) is 10.4 Å². The Balaban J connectivity index is 1.72. The molecule has 3 rings (SSSR count). The molecule has 2 saturated heterocycles. The SMILES string of the molecule is CC[C@H](C)[C@@H]([C@@H](CC(=O)N1CCC[C@H]1[C@H](OC)[C@@H](C)C(=O)N[C@H](CN=[N+]=[N-])Cc1ccc(OC(=O)N2CCC(C(=O)O)CC2)cc1)OC)N(C)C(=O)[C@@H](CC(=O)[C@H](C(C)C)N(C)C)C(C)C. The van der Waals surface area contributed by atoms with Crippen LogP contribution in [0.5, 0.6) is 5.75 Å². The number of rotatable bonds is 25. The second-order valence-electron chi connectivity index (χ2n) is 19.2. The first-order valence-corrected chi connectivity index (χ1v) is 23.6. The number of hydrogen-bond donors (Lipinski definition) is 2. The lowest BCUT2D eigenvalue weighted by atomic mass is 9.83. The van der Waals surface area contributed by atoms with Gasteiger partial charge < -0.3 is 39.3 Å². The second kappa shape index (κ2) is 26.5. The molecule has 9 atom stereocenters. The van der Waals surface area contributed by atoms with Gasteiger partial charge in [0.1, 0.15) is 5.75 Å². The maximum Gasteiger partial charge on any atom is 0.415 e. The van der Waals surface area contributed by atoms with Gasteiger partial charge in [-0.05, 0) is 87.2 Å². The van der Waals surface area contributed by atoms with Crippen molar-refractivity contribution in [1.82, 2.24) is 24.9 Å². The smallest absolute Gasteiger partial charge is 0.415 e. The average molecular weight is 927 g/mol. The van der Waals surface area contributed by atoms with Crippen molar-refractivity contribution >= 4 is 35.6 Å². The number of nitrogens with zero attached hydrogens (tertiary/aromatic N) is 7. The fourth-order valence-corrected chi connectivity index (χ4v) is 9.85. The van der Waals surface area contributed by atoms with Crippen molar-refractivity contribution in [1.29, 1.82) is 0 Å². The van der Waals surface area contributed by atoms with Gasteiger partial charge >= 0.3 is 12.1 Å². The van der Waals surface area contributed by atoms with Crippen LogP contribution < -0.4 is 10.1 Å². The summed E-state index contributed by atoms with van der Waals surface area (Å²) in [5.74, 6) is -2.98. The number of hydrogen-bond acceptors (Lipinski definition) is 11. The van der Waals surface area contributed by atoms with Crippen LogP contribution in [0.2, 0.25) is 0 Å². The fraction of sp³-hybridized carbons (Fsp3) is 0.750. The van der Waals surface area contributed by atoms with Crippen molar-refractivity contribution in [2.45, 2.75) is 136 Å². The monoisotopic (exact) mass is 927 g/mol. The maximum absolute atomic E-state index is 14.4. The summed E-state index contributed by atoms with van der Waals surface area (Å²) in [5, 5.41) is 16.0. The van der Waals surface area contributed by atoms with E-state index in [0.717, 1.165) is 12.0 Å². The maximum atomic E-state index is 14.4. The van der Waals surface area contributed by atoms with E-state index in [0.29, 0.717) is 57.5 Å². The van der Waals surface area contributed by atoms with Crippen molar-refractivity contribution < 1.29 is 48.1 Å². The number of carboxylic acids is 1. The molecule has 1 aromatic rings. The van der Waals surface area contributed by atoms with Crippen LogP contribution in [-0.2, 0) is 39.9 Å². The van der Waals surface area contributed by atoms with Gasteiger partial charge in [-0.3, -0.25) is 28.9 Å². The molecule has 0 saturated carbocycles. The third kappa shape index (κ3) is 15.1. The molecule has 4 amide bonds. The molecule has 0 radical (unpaired) electrons. The minimum absolute atomic E-state index is 0.00430. The molecule has 0 unspecified atom stereocenters. The zero-order valence-corrected chi connectivity index (χ0v) is 41.5. The first kappa shape index (κ1) is 55.6. The van der Waals surface area contributed by atoms with Gasteiger partial charge in [-0.1, -0.05) is 72.1 Å². The molecular weight excluding hydrogens is 849 g/mol. The predicted octanol–water partition coefficient (Wildman–Crippen LogP) is 6.06. The molecule has 0 aliphatic carbocycles. The Hall–Kier alpha value is -4.77. The average Bonchev–Trinajstić information content (AvgIpc) is 3.76. The molecular formula is C48H78N8O10. The molecule has 18 nitrogen and oxygen atoms in total. The summed E-state index contributed by atoms with van der Waals surface area (Å²) in [7, 11) is 8.59. The number of carbonyl (C=O) groups excluding carboxylic acids is 5. The number of carbonyl (C=O) groups is 6. The number of ketones is 1. The van der Waals surface area contributed by atoms with E-state index in [1.54, 1.807) is 55.1 Å². The van der Waals surface area contributed by atoms with E-state index in [-0.39, 0.29) is 66.7 Å². The first-order valence-electron chi connectivity index (χ1n) is 23.6. The molecule has 2 fully saturated rings. The highest BCUT2D eigenvalue weighted by Crippen LogP contribution is 2.31. The van der Waals surface area contributed by atoms with E-state index in [9.17, 15) is 33.9 Å². The molecule has 66 heavy (non-hydrogen) atoms. The molecule has 0 bridgehead atoms. The van der Waals surface area contributed by atoms with Gasteiger partial charge in [-0.2, -0.15) is 0 Å². The van der Waals surface area contributed by atoms with Crippen LogP contribution >= 0.6 is 0 Å². The molecule has 2 aliphatic rings. The molecule has 2 heterocycles. The lowest BCUT2D eigenvalue weighted by Gasteiger charge is -2.41. The number of piperidine rings is 1. The molecule has 0 aromatic heterocycles. The Bertz CT molecular complexity index is 1810. The first-order chi connectivity index (χ1) is 31.2. The Morgan fingerprint density at radius 3 is 2.06 bits per heavy atom. The number of amides is 4.